The number of alkyl carbamates (subject to hydrolysis) is 1. The number of amides is 1. The summed E-state index contributed by atoms with van der Waals surface area (Å²) in [6.45, 7) is 12.0. The van der Waals surface area contributed by atoms with Gasteiger partial charge < -0.3 is 24.3 Å². The molecule has 3 aliphatic heterocycles. The lowest BCUT2D eigenvalue weighted by atomic mass is 9.68. The minimum atomic E-state index is -0.361. The van der Waals surface area contributed by atoms with Crippen LogP contribution in [0.5, 0.6) is 0 Å². The van der Waals surface area contributed by atoms with E-state index in [0.717, 1.165) is 44.9 Å². The predicted octanol–water partition coefficient (Wildman–Crippen LogP) is 3.48. The number of methoxy groups -OCH3 is 1. The smallest absolute Gasteiger partial charge is 0.408 e. The number of nitrogens with zero attached hydrogens (tertiary/aromatic N) is 1. The molecule has 0 aromatic rings. The second-order valence-electron chi connectivity index (χ2n) is 10.5. The van der Waals surface area contributed by atoms with Gasteiger partial charge in [0.25, 0.3) is 0 Å². The van der Waals surface area contributed by atoms with Crippen molar-refractivity contribution in [1.29, 1.82) is 0 Å². The van der Waals surface area contributed by atoms with Crippen molar-refractivity contribution in [2.45, 2.75) is 89.3 Å². The molecular weight excluding hydrogens is 396 g/mol. The van der Waals surface area contributed by atoms with Gasteiger partial charge >= 0.3 is 6.09 Å². The van der Waals surface area contributed by atoms with E-state index in [4.69, 9.17) is 18.9 Å². The van der Waals surface area contributed by atoms with Gasteiger partial charge in [-0.3, -0.25) is 4.90 Å². The normalized spacial score (nSPS) is 40.4. The van der Waals surface area contributed by atoms with Gasteiger partial charge in [0.2, 0.25) is 0 Å². The lowest BCUT2D eigenvalue weighted by Gasteiger charge is -2.42. The summed E-state index contributed by atoms with van der Waals surface area (Å²) in [7, 11) is 1.71. The van der Waals surface area contributed by atoms with Crippen molar-refractivity contribution in [3.63, 3.8) is 0 Å². The molecule has 4 aliphatic rings. The van der Waals surface area contributed by atoms with Crippen LogP contribution >= 0.6 is 0 Å². The predicted molar refractivity (Wildman–Crippen MR) is 118 cm³/mol. The Morgan fingerprint density at radius 2 is 1.97 bits per heavy atom. The number of hydrogen-bond donors (Lipinski definition) is 1. The fourth-order valence-electron chi connectivity index (χ4n) is 5.65. The highest BCUT2D eigenvalue weighted by atomic mass is 16.6. The standard InChI is InChI=1S/C24H40N2O5/c1-16(2)6-7-19-23(4,31-19)21-20(28-5)18(8-11-24(21)14-29-24)30-22(27)25-15-26-12-9-17(3)10-13-26/h6,17-21H,7-15H2,1-5H3,(H,25,27)/t18-,19-,20-,21-,23+,24+/m1/s1. The van der Waals surface area contributed by atoms with Crippen LogP contribution in [0.2, 0.25) is 0 Å². The molecule has 3 heterocycles. The molecule has 7 heteroatoms. The van der Waals surface area contributed by atoms with Crippen molar-refractivity contribution in [3.05, 3.63) is 11.6 Å². The lowest BCUT2D eigenvalue weighted by molar-refractivity contribution is -0.118. The average Bonchev–Trinajstić information content (AvgIpc) is 3.65. The number of hydrogen-bond acceptors (Lipinski definition) is 6. The number of likely N-dealkylation sites (tertiary alicyclic amines) is 1. The molecular formula is C24H40N2O5. The molecule has 0 aromatic carbocycles. The van der Waals surface area contributed by atoms with E-state index >= 15 is 0 Å². The molecule has 1 amide bonds. The van der Waals surface area contributed by atoms with Crippen LogP contribution < -0.4 is 5.32 Å². The third kappa shape index (κ3) is 4.95. The molecule has 3 saturated heterocycles. The third-order valence-electron chi connectivity index (χ3n) is 7.82. The first-order chi connectivity index (χ1) is 14.8. The maximum atomic E-state index is 12.6. The van der Waals surface area contributed by atoms with Crippen LogP contribution in [-0.4, -0.2) is 74.0 Å². The zero-order valence-electron chi connectivity index (χ0n) is 19.8. The number of epoxide rings is 2. The van der Waals surface area contributed by atoms with E-state index < -0.39 is 0 Å². The van der Waals surface area contributed by atoms with Gasteiger partial charge in [0.1, 0.15) is 23.4 Å². The summed E-state index contributed by atoms with van der Waals surface area (Å²) in [6, 6.07) is 0. The maximum Gasteiger partial charge on any atom is 0.408 e. The molecule has 1 saturated carbocycles. The summed E-state index contributed by atoms with van der Waals surface area (Å²) < 4.78 is 24.0. The maximum absolute atomic E-state index is 12.6. The average molecular weight is 437 g/mol. The van der Waals surface area contributed by atoms with Crippen LogP contribution in [-0.2, 0) is 18.9 Å². The Bertz CT molecular complexity index is 681. The van der Waals surface area contributed by atoms with E-state index in [9.17, 15) is 4.79 Å². The van der Waals surface area contributed by atoms with Crippen molar-refractivity contribution in [1.82, 2.24) is 10.2 Å². The lowest BCUT2D eigenvalue weighted by Crippen LogP contribution is -2.56. The highest BCUT2D eigenvalue weighted by Gasteiger charge is 2.72. The molecule has 4 rings (SSSR count). The molecule has 4 fully saturated rings. The molecule has 7 nitrogen and oxygen atoms in total. The minimum absolute atomic E-state index is 0.0516. The first-order valence-corrected chi connectivity index (χ1v) is 11.9. The number of carbonyl (C=O) groups is 1. The van der Waals surface area contributed by atoms with Gasteiger partial charge in [-0.1, -0.05) is 18.6 Å². The highest BCUT2D eigenvalue weighted by Crippen LogP contribution is 2.59. The highest BCUT2D eigenvalue weighted by molar-refractivity contribution is 5.67. The van der Waals surface area contributed by atoms with Gasteiger partial charge in [0.15, 0.2) is 0 Å². The Labute approximate surface area is 186 Å². The Morgan fingerprint density at radius 1 is 1.26 bits per heavy atom. The molecule has 0 radical (unpaired) electrons. The molecule has 1 N–H and O–H groups in total. The summed E-state index contributed by atoms with van der Waals surface area (Å²) in [5.41, 5.74) is 0.783. The molecule has 0 unspecified atom stereocenters. The molecule has 1 aliphatic carbocycles. The fraction of sp³-hybridized carbons (Fsp3) is 0.875. The molecule has 6 atom stereocenters. The number of ether oxygens (including phenoxy) is 4. The Kier molecular flexibility index (Phi) is 6.69. The van der Waals surface area contributed by atoms with Crippen LogP contribution in [0.25, 0.3) is 0 Å². The van der Waals surface area contributed by atoms with Crippen molar-refractivity contribution >= 4 is 6.09 Å². The first kappa shape index (κ1) is 23.0. The summed E-state index contributed by atoms with van der Waals surface area (Å²) in [6.07, 6.45) is 6.36. The van der Waals surface area contributed by atoms with Crippen molar-refractivity contribution in [3.8, 4) is 0 Å². The van der Waals surface area contributed by atoms with Crippen LogP contribution in [0, 0.1) is 11.8 Å². The van der Waals surface area contributed by atoms with Gasteiger partial charge in [-0.05, 0) is 58.8 Å². The molecule has 31 heavy (non-hydrogen) atoms. The van der Waals surface area contributed by atoms with E-state index in [1.54, 1.807) is 7.11 Å². The number of carbonyl (C=O) groups excluding carboxylic acids is 1. The van der Waals surface area contributed by atoms with E-state index in [2.05, 4.69) is 44.0 Å². The molecule has 0 aromatic heterocycles. The SMILES string of the molecule is CO[C@@H]1[C@H](OC(=O)NCN2CCC(C)CC2)CC[C@]2(CO2)[C@H]1[C@@]1(C)O[C@@H]1CC=C(C)C. The number of rotatable bonds is 7. The third-order valence-corrected chi connectivity index (χ3v) is 7.82. The van der Waals surface area contributed by atoms with Crippen LogP contribution in [0.15, 0.2) is 11.6 Å². The number of allylic oxidation sites excluding steroid dienone is 1. The van der Waals surface area contributed by atoms with Gasteiger partial charge in [0, 0.05) is 20.2 Å². The second kappa shape index (κ2) is 9.00. The van der Waals surface area contributed by atoms with Gasteiger partial charge in [-0.15, -0.1) is 0 Å². The van der Waals surface area contributed by atoms with Gasteiger partial charge in [-0.2, -0.15) is 0 Å². The largest absolute Gasteiger partial charge is 0.443 e. The second-order valence-corrected chi connectivity index (χ2v) is 10.5. The molecule has 1 spiro atoms. The Hall–Kier alpha value is -1.15. The van der Waals surface area contributed by atoms with Crippen molar-refractivity contribution in [2.24, 2.45) is 11.8 Å². The van der Waals surface area contributed by atoms with Crippen LogP contribution in [0.3, 0.4) is 0 Å². The number of piperidine rings is 1. The van der Waals surface area contributed by atoms with E-state index in [-0.39, 0.29) is 41.5 Å². The first-order valence-electron chi connectivity index (χ1n) is 11.9. The zero-order chi connectivity index (χ0) is 22.2. The van der Waals surface area contributed by atoms with Crippen molar-refractivity contribution < 1.29 is 23.7 Å². The fourth-order valence-corrected chi connectivity index (χ4v) is 5.65. The van der Waals surface area contributed by atoms with E-state index in [0.29, 0.717) is 6.67 Å². The van der Waals surface area contributed by atoms with Gasteiger partial charge in [-0.25, -0.2) is 4.79 Å². The summed E-state index contributed by atoms with van der Waals surface area (Å²) in [4.78, 5) is 14.9. The monoisotopic (exact) mass is 436 g/mol. The summed E-state index contributed by atoms with van der Waals surface area (Å²) in [5, 5.41) is 2.95. The molecule has 0 bridgehead atoms. The quantitative estimate of drug-likeness (QED) is 0.486. The number of nitrogens with one attached hydrogen (secondary N) is 1. The van der Waals surface area contributed by atoms with E-state index in [1.807, 2.05) is 0 Å². The Balaban J connectivity index is 1.36. The van der Waals surface area contributed by atoms with Crippen molar-refractivity contribution in [2.75, 3.05) is 33.5 Å². The zero-order valence-corrected chi connectivity index (χ0v) is 19.8. The minimum Gasteiger partial charge on any atom is -0.443 e. The summed E-state index contributed by atoms with van der Waals surface area (Å²) in [5.74, 6) is 0.823. The van der Waals surface area contributed by atoms with Crippen LogP contribution in [0.1, 0.15) is 59.8 Å². The van der Waals surface area contributed by atoms with Crippen LogP contribution in [0.4, 0.5) is 4.79 Å². The summed E-state index contributed by atoms with van der Waals surface area (Å²) >= 11 is 0. The molecule has 176 valence electrons. The topological polar surface area (TPSA) is 75.9 Å². The Morgan fingerprint density at radius 3 is 2.58 bits per heavy atom. The van der Waals surface area contributed by atoms with E-state index in [1.165, 1.54) is 18.4 Å². The van der Waals surface area contributed by atoms with Gasteiger partial charge in [0.05, 0.1) is 25.3 Å².